The Hall–Kier alpha value is -1.88. The Kier molecular flexibility index (Phi) is 4.52. The SMILES string of the molecule is O=C(O)[C@@H](Cc1ccccc1)NC(=O)[C@H]1CCCN1. The molecule has 0 aromatic heterocycles. The first kappa shape index (κ1) is 13.5. The molecule has 5 nitrogen and oxygen atoms in total. The van der Waals surface area contributed by atoms with Gasteiger partial charge in [0.1, 0.15) is 6.04 Å². The number of aliphatic carboxylic acids is 1. The van der Waals surface area contributed by atoms with Crippen LogP contribution in [0.3, 0.4) is 0 Å². The fraction of sp³-hybridized carbons (Fsp3) is 0.429. The summed E-state index contributed by atoms with van der Waals surface area (Å²) < 4.78 is 0. The number of carboxylic acid groups (broad SMARTS) is 1. The van der Waals surface area contributed by atoms with E-state index in [1.807, 2.05) is 30.3 Å². The average molecular weight is 262 g/mol. The molecule has 1 fully saturated rings. The van der Waals surface area contributed by atoms with Crippen LogP contribution >= 0.6 is 0 Å². The van der Waals surface area contributed by atoms with Crippen molar-refractivity contribution in [3.8, 4) is 0 Å². The molecule has 1 aliphatic rings. The van der Waals surface area contributed by atoms with E-state index in [0.717, 1.165) is 24.9 Å². The summed E-state index contributed by atoms with van der Waals surface area (Å²) in [5.41, 5.74) is 0.898. The lowest BCUT2D eigenvalue weighted by Gasteiger charge is -2.17. The van der Waals surface area contributed by atoms with Crippen LogP contribution in [0.4, 0.5) is 0 Å². The molecule has 1 aliphatic heterocycles. The van der Waals surface area contributed by atoms with Crippen LogP contribution in [0.2, 0.25) is 0 Å². The highest BCUT2D eigenvalue weighted by molar-refractivity contribution is 5.87. The number of amides is 1. The van der Waals surface area contributed by atoms with E-state index in [4.69, 9.17) is 0 Å². The molecular formula is C14H18N2O3. The van der Waals surface area contributed by atoms with Gasteiger partial charge in [-0.1, -0.05) is 30.3 Å². The molecule has 3 N–H and O–H groups in total. The minimum Gasteiger partial charge on any atom is -0.480 e. The summed E-state index contributed by atoms with van der Waals surface area (Å²) in [6, 6.07) is 8.17. The number of carboxylic acids is 1. The summed E-state index contributed by atoms with van der Waals surface area (Å²) in [7, 11) is 0. The zero-order chi connectivity index (χ0) is 13.7. The molecule has 0 bridgehead atoms. The molecule has 1 heterocycles. The maximum atomic E-state index is 11.9. The second-order valence-corrected chi connectivity index (χ2v) is 4.74. The van der Waals surface area contributed by atoms with E-state index in [9.17, 15) is 14.7 Å². The van der Waals surface area contributed by atoms with E-state index in [2.05, 4.69) is 10.6 Å². The summed E-state index contributed by atoms with van der Waals surface area (Å²) in [6.07, 6.45) is 2.02. The van der Waals surface area contributed by atoms with Gasteiger partial charge in [-0.3, -0.25) is 4.79 Å². The lowest BCUT2D eigenvalue weighted by Crippen LogP contribution is -2.49. The van der Waals surface area contributed by atoms with Crippen LogP contribution in [0.1, 0.15) is 18.4 Å². The van der Waals surface area contributed by atoms with Crippen molar-refractivity contribution in [1.29, 1.82) is 0 Å². The molecule has 1 amide bonds. The van der Waals surface area contributed by atoms with Crippen LogP contribution in [0.15, 0.2) is 30.3 Å². The van der Waals surface area contributed by atoms with Gasteiger partial charge in [-0.2, -0.15) is 0 Å². The van der Waals surface area contributed by atoms with Gasteiger partial charge in [0.05, 0.1) is 6.04 Å². The Morgan fingerprint density at radius 2 is 2.11 bits per heavy atom. The van der Waals surface area contributed by atoms with Crippen LogP contribution in [0.25, 0.3) is 0 Å². The van der Waals surface area contributed by atoms with E-state index in [0.29, 0.717) is 6.42 Å². The van der Waals surface area contributed by atoms with E-state index in [1.165, 1.54) is 0 Å². The highest BCUT2D eigenvalue weighted by atomic mass is 16.4. The predicted molar refractivity (Wildman–Crippen MR) is 70.7 cm³/mol. The Balaban J connectivity index is 1.96. The van der Waals surface area contributed by atoms with Gasteiger partial charge >= 0.3 is 5.97 Å². The Morgan fingerprint density at radius 1 is 1.37 bits per heavy atom. The number of rotatable bonds is 5. The molecule has 1 aromatic rings. The molecule has 2 rings (SSSR count). The van der Waals surface area contributed by atoms with Crippen molar-refractivity contribution >= 4 is 11.9 Å². The molecule has 0 aliphatic carbocycles. The van der Waals surface area contributed by atoms with Crippen LogP contribution in [-0.2, 0) is 16.0 Å². The zero-order valence-corrected chi connectivity index (χ0v) is 10.6. The second kappa shape index (κ2) is 6.33. The lowest BCUT2D eigenvalue weighted by molar-refractivity contribution is -0.142. The first-order valence-electron chi connectivity index (χ1n) is 6.47. The first-order chi connectivity index (χ1) is 9.16. The third-order valence-electron chi connectivity index (χ3n) is 3.27. The summed E-state index contributed by atoms with van der Waals surface area (Å²) in [4.78, 5) is 23.1. The molecule has 102 valence electrons. The maximum absolute atomic E-state index is 11.9. The van der Waals surface area contributed by atoms with Crippen molar-refractivity contribution in [3.63, 3.8) is 0 Å². The third kappa shape index (κ3) is 3.79. The number of carbonyl (C=O) groups excluding carboxylic acids is 1. The molecular weight excluding hydrogens is 244 g/mol. The second-order valence-electron chi connectivity index (χ2n) is 4.74. The molecule has 0 spiro atoms. The van der Waals surface area contributed by atoms with Crippen molar-refractivity contribution in [1.82, 2.24) is 10.6 Å². The normalized spacial score (nSPS) is 19.9. The van der Waals surface area contributed by atoms with E-state index in [1.54, 1.807) is 0 Å². The van der Waals surface area contributed by atoms with Gasteiger partial charge in [0, 0.05) is 6.42 Å². The molecule has 19 heavy (non-hydrogen) atoms. The van der Waals surface area contributed by atoms with Gasteiger partial charge < -0.3 is 15.7 Å². The monoisotopic (exact) mass is 262 g/mol. The summed E-state index contributed by atoms with van der Waals surface area (Å²) in [6.45, 7) is 0.814. The fourth-order valence-corrected chi connectivity index (χ4v) is 2.23. The largest absolute Gasteiger partial charge is 0.480 e. The maximum Gasteiger partial charge on any atom is 0.326 e. The van der Waals surface area contributed by atoms with Crippen molar-refractivity contribution < 1.29 is 14.7 Å². The minimum absolute atomic E-state index is 0.221. The quantitative estimate of drug-likeness (QED) is 0.724. The van der Waals surface area contributed by atoms with Crippen molar-refractivity contribution in [3.05, 3.63) is 35.9 Å². The van der Waals surface area contributed by atoms with Gasteiger partial charge in [-0.05, 0) is 24.9 Å². The van der Waals surface area contributed by atoms with E-state index >= 15 is 0 Å². The number of hydrogen-bond acceptors (Lipinski definition) is 3. The topological polar surface area (TPSA) is 78.4 Å². The van der Waals surface area contributed by atoms with Gasteiger partial charge in [0.15, 0.2) is 0 Å². The van der Waals surface area contributed by atoms with E-state index < -0.39 is 12.0 Å². The molecule has 1 saturated heterocycles. The van der Waals surface area contributed by atoms with Crippen molar-refractivity contribution in [2.75, 3.05) is 6.54 Å². The van der Waals surface area contributed by atoms with Crippen LogP contribution in [-0.4, -0.2) is 35.6 Å². The van der Waals surface area contributed by atoms with Crippen LogP contribution in [0.5, 0.6) is 0 Å². The third-order valence-corrected chi connectivity index (χ3v) is 3.27. The Morgan fingerprint density at radius 3 is 2.68 bits per heavy atom. The highest BCUT2D eigenvalue weighted by Crippen LogP contribution is 2.07. The molecule has 5 heteroatoms. The molecule has 0 saturated carbocycles. The Labute approximate surface area is 112 Å². The number of nitrogens with one attached hydrogen (secondary N) is 2. The minimum atomic E-state index is -1.00. The smallest absolute Gasteiger partial charge is 0.326 e. The fourth-order valence-electron chi connectivity index (χ4n) is 2.23. The number of hydrogen-bond donors (Lipinski definition) is 3. The molecule has 2 atom stereocenters. The predicted octanol–water partition coefficient (Wildman–Crippen LogP) is 0.550. The van der Waals surface area contributed by atoms with Crippen molar-refractivity contribution in [2.45, 2.75) is 31.3 Å². The summed E-state index contributed by atoms with van der Waals surface area (Å²) in [5.74, 6) is -1.23. The lowest BCUT2D eigenvalue weighted by atomic mass is 10.1. The van der Waals surface area contributed by atoms with Crippen LogP contribution in [0, 0.1) is 0 Å². The first-order valence-corrected chi connectivity index (χ1v) is 6.47. The standard InChI is InChI=1S/C14H18N2O3/c17-13(11-7-4-8-15-11)16-12(14(18)19)9-10-5-2-1-3-6-10/h1-3,5-6,11-12,15H,4,7-9H2,(H,16,17)(H,18,19)/t11-,12-/m1/s1. The molecule has 0 unspecified atom stereocenters. The Bertz CT molecular complexity index is 441. The summed E-state index contributed by atoms with van der Waals surface area (Å²) in [5, 5.41) is 14.9. The number of benzene rings is 1. The molecule has 1 aromatic carbocycles. The zero-order valence-electron chi connectivity index (χ0n) is 10.6. The van der Waals surface area contributed by atoms with Gasteiger partial charge in [0.2, 0.25) is 5.91 Å². The highest BCUT2D eigenvalue weighted by Gasteiger charge is 2.27. The van der Waals surface area contributed by atoms with Gasteiger partial charge in [-0.15, -0.1) is 0 Å². The van der Waals surface area contributed by atoms with Gasteiger partial charge in [0.25, 0.3) is 0 Å². The van der Waals surface area contributed by atoms with E-state index in [-0.39, 0.29) is 11.9 Å². The van der Waals surface area contributed by atoms with Crippen LogP contribution < -0.4 is 10.6 Å². The number of carbonyl (C=O) groups is 2. The average Bonchev–Trinajstić information content (AvgIpc) is 2.93. The van der Waals surface area contributed by atoms with Crippen molar-refractivity contribution in [2.24, 2.45) is 0 Å². The summed E-state index contributed by atoms with van der Waals surface area (Å²) >= 11 is 0. The molecule has 0 radical (unpaired) electrons. The van der Waals surface area contributed by atoms with Gasteiger partial charge in [-0.25, -0.2) is 4.79 Å².